The molecule has 13 heteroatoms. The molecule has 0 spiro atoms. The van der Waals surface area contributed by atoms with Crippen LogP contribution in [0.3, 0.4) is 0 Å². The Balaban J connectivity index is 1.21. The first-order chi connectivity index (χ1) is 22.8. The summed E-state index contributed by atoms with van der Waals surface area (Å²) in [5, 5.41) is 23.4. The van der Waals surface area contributed by atoms with Crippen molar-refractivity contribution in [3.8, 4) is 5.88 Å². The zero-order valence-corrected chi connectivity index (χ0v) is 27.6. The quantitative estimate of drug-likeness (QED) is 0.151. The summed E-state index contributed by atoms with van der Waals surface area (Å²) in [6.45, 7) is 4.82. The molecule has 47 heavy (non-hydrogen) atoms. The molecule has 1 aromatic carbocycles. The van der Waals surface area contributed by atoms with E-state index in [0.717, 1.165) is 31.2 Å². The lowest BCUT2D eigenvalue weighted by molar-refractivity contribution is -0.119. The number of hydrogen-bond donors (Lipinski definition) is 2. The molecule has 0 radical (unpaired) electrons. The standard InChI is InChI=1S/C34H41ClN8O4/c1-21(2)43-28(13-15-36-43)32(44)39-31(30(23-9-10-23)24-11-12-24)33(45)38-25-18-37-42(19-25)27(26-17-29(35)40-41-34(26)46-3)14-16-47-20-22-7-5-4-6-8-22/h4-8,13,15,17-19,21,23-24,27,30-31H,9-12,14,16,20H2,1-3H3,(H,38,45)(H,39,44). The van der Waals surface area contributed by atoms with Crippen LogP contribution in [0.2, 0.25) is 5.15 Å². The lowest BCUT2D eigenvalue weighted by Crippen LogP contribution is -2.50. The fourth-order valence-corrected chi connectivity index (χ4v) is 6.45. The Morgan fingerprint density at radius 1 is 1.04 bits per heavy atom. The molecule has 0 aliphatic heterocycles. The second kappa shape index (κ2) is 14.6. The van der Waals surface area contributed by atoms with Crippen molar-refractivity contribution < 1.29 is 19.1 Å². The Hall–Kier alpha value is -4.29. The van der Waals surface area contributed by atoms with Gasteiger partial charge in [0.1, 0.15) is 11.7 Å². The molecule has 2 atom stereocenters. The zero-order chi connectivity index (χ0) is 32.9. The van der Waals surface area contributed by atoms with E-state index in [2.05, 4.69) is 31.0 Å². The van der Waals surface area contributed by atoms with Crippen molar-refractivity contribution in [2.24, 2.45) is 17.8 Å². The van der Waals surface area contributed by atoms with E-state index in [-0.39, 0.29) is 35.0 Å². The van der Waals surface area contributed by atoms with E-state index in [4.69, 9.17) is 21.1 Å². The highest BCUT2D eigenvalue weighted by Gasteiger charge is 2.48. The number of methoxy groups -OCH3 is 1. The summed E-state index contributed by atoms with van der Waals surface area (Å²) in [5.74, 6) is 0.687. The van der Waals surface area contributed by atoms with Crippen LogP contribution < -0.4 is 15.4 Å². The molecule has 2 fully saturated rings. The van der Waals surface area contributed by atoms with Crippen molar-refractivity contribution >= 4 is 29.1 Å². The number of aromatic nitrogens is 6. The van der Waals surface area contributed by atoms with Crippen molar-refractivity contribution in [1.82, 2.24) is 35.1 Å². The Kier molecular flexibility index (Phi) is 10.2. The van der Waals surface area contributed by atoms with Crippen molar-refractivity contribution in [2.75, 3.05) is 19.0 Å². The number of carbonyl (C=O) groups is 2. The Labute approximate surface area is 279 Å². The van der Waals surface area contributed by atoms with Gasteiger partial charge in [-0.25, -0.2) is 0 Å². The van der Waals surface area contributed by atoms with E-state index in [9.17, 15) is 9.59 Å². The lowest BCUT2D eigenvalue weighted by Gasteiger charge is -2.27. The van der Waals surface area contributed by atoms with Crippen LogP contribution >= 0.6 is 11.6 Å². The molecule has 4 aromatic rings. The van der Waals surface area contributed by atoms with Gasteiger partial charge in [-0.05, 0) is 81.4 Å². The van der Waals surface area contributed by atoms with Gasteiger partial charge in [0, 0.05) is 30.6 Å². The van der Waals surface area contributed by atoms with Crippen LogP contribution in [-0.4, -0.2) is 61.3 Å². The highest BCUT2D eigenvalue weighted by molar-refractivity contribution is 6.29. The van der Waals surface area contributed by atoms with E-state index in [0.29, 0.717) is 54.3 Å². The van der Waals surface area contributed by atoms with Crippen molar-refractivity contribution in [2.45, 2.75) is 70.7 Å². The van der Waals surface area contributed by atoms with E-state index >= 15 is 0 Å². The largest absolute Gasteiger partial charge is 0.480 e. The summed E-state index contributed by atoms with van der Waals surface area (Å²) < 4.78 is 14.9. The van der Waals surface area contributed by atoms with Crippen LogP contribution in [0.1, 0.15) is 79.7 Å². The summed E-state index contributed by atoms with van der Waals surface area (Å²) in [5.41, 5.74) is 2.71. The normalized spacial score (nSPS) is 15.9. The minimum Gasteiger partial charge on any atom is -0.480 e. The van der Waals surface area contributed by atoms with E-state index in [1.165, 1.54) is 7.11 Å². The predicted molar refractivity (Wildman–Crippen MR) is 176 cm³/mol. The third-order valence-electron chi connectivity index (χ3n) is 8.82. The number of ether oxygens (including phenoxy) is 2. The van der Waals surface area contributed by atoms with Gasteiger partial charge in [-0.1, -0.05) is 41.9 Å². The monoisotopic (exact) mass is 660 g/mol. The third kappa shape index (κ3) is 7.99. The van der Waals surface area contributed by atoms with E-state index < -0.39 is 6.04 Å². The van der Waals surface area contributed by atoms with Crippen LogP contribution in [0.4, 0.5) is 5.69 Å². The number of anilines is 1. The maximum absolute atomic E-state index is 14.0. The number of rotatable bonds is 16. The molecular weight excluding hydrogens is 620 g/mol. The van der Waals surface area contributed by atoms with Gasteiger partial charge >= 0.3 is 0 Å². The van der Waals surface area contributed by atoms with Gasteiger partial charge < -0.3 is 20.1 Å². The Morgan fingerprint density at radius 3 is 2.47 bits per heavy atom. The van der Waals surface area contributed by atoms with Crippen molar-refractivity contribution in [3.63, 3.8) is 0 Å². The molecule has 0 bridgehead atoms. The zero-order valence-electron chi connectivity index (χ0n) is 26.9. The van der Waals surface area contributed by atoms with Crippen molar-refractivity contribution in [3.05, 3.63) is 83.0 Å². The number of nitrogens with one attached hydrogen (secondary N) is 2. The van der Waals surface area contributed by atoms with Crippen LogP contribution in [0, 0.1) is 17.8 Å². The predicted octanol–water partition coefficient (Wildman–Crippen LogP) is 5.48. The molecule has 3 heterocycles. The molecule has 2 amide bonds. The highest BCUT2D eigenvalue weighted by Crippen LogP contribution is 2.51. The first-order valence-electron chi connectivity index (χ1n) is 16.2. The first-order valence-corrected chi connectivity index (χ1v) is 16.6. The smallest absolute Gasteiger partial charge is 0.270 e. The van der Waals surface area contributed by atoms with Gasteiger partial charge in [-0.2, -0.15) is 10.2 Å². The minimum atomic E-state index is -0.688. The molecule has 3 aromatic heterocycles. The molecular formula is C34H41ClN8O4. The van der Waals surface area contributed by atoms with E-state index in [1.807, 2.05) is 44.2 Å². The SMILES string of the molecule is COc1nnc(Cl)cc1C(CCOCc1ccccc1)n1cc(NC(=O)C(NC(=O)c2ccnn2C(C)C)C(C2CC2)C2CC2)cn1. The minimum absolute atomic E-state index is 0.00677. The van der Waals surface area contributed by atoms with Crippen LogP contribution in [0.25, 0.3) is 0 Å². The number of benzene rings is 1. The van der Waals surface area contributed by atoms with Gasteiger partial charge in [0.15, 0.2) is 5.15 Å². The maximum atomic E-state index is 14.0. The maximum Gasteiger partial charge on any atom is 0.270 e. The molecule has 2 N–H and O–H groups in total. The number of hydrogen-bond acceptors (Lipinski definition) is 8. The van der Waals surface area contributed by atoms with Gasteiger partial charge in [-0.3, -0.25) is 19.0 Å². The molecule has 248 valence electrons. The first kappa shape index (κ1) is 32.6. The number of amides is 2. The average Bonchev–Trinajstić information content (AvgIpc) is 3.99. The second-order valence-corrected chi connectivity index (χ2v) is 13.0. The van der Waals surface area contributed by atoms with Crippen LogP contribution in [0.5, 0.6) is 5.88 Å². The molecule has 2 aliphatic carbocycles. The molecule has 2 saturated carbocycles. The summed E-state index contributed by atoms with van der Waals surface area (Å²) in [4.78, 5) is 27.6. The molecule has 12 nitrogen and oxygen atoms in total. The Morgan fingerprint density at radius 2 is 1.79 bits per heavy atom. The molecule has 0 saturated heterocycles. The summed E-state index contributed by atoms with van der Waals surface area (Å²) in [6, 6.07) is 12.3. The molecule has 2 unspecified atom stereocenters. The highest BCUT2D eigenvalue weighted by atomic mass is 35.5. The third-order valence-corrected chi connectivity index (χ3v) is 9.01. The van der Waals surface area contributed by atoms with Gasteiger partial charge in [0.2, 0.25) is 11.8 Å². The van der Waals surface area contributed by atoms with Crippen molar-refractivity contribution in [1.29, 1.82) is 0 Å². The number of halogens is 1. The van der Waals surface area contributed by atoms with Crippen LogP contribution in [-0.2, 0) is 16.1 Å². The second-order valence-electron chi connectivity index (χ2n) is 12.6. The Bertz CT molecular complexity index is 1660. The summed E-state index contributed by atoms with van der Waals surface area (Å²) >= 11 is 6.26. The lowest BCUT2D eigenvalue weighted by atomic mass is 9.88. The fraction of sp³-hybridized carbons (Fsp3) is 0.471. The fourth-order valence-electron chi connectivity index (χ4n) is 6.30. The van der Waals surface area contributed by atoms with Gasteiger partial charge in [-0.15, -0.1) is 10.2 Å². The number of carbonyl (C=O) groups excluding carboxylic acids is 2. The summed E-state index contributed by atoms with van der Waals surface area (Å²) in [7, 11) is 1.53. The van der Waals surface area contributed by atoms with Gasteiger partial charge in [0.25, 0.3) is 5.91 Å². The van der Waals surface area contributed by atoms with Gasteiger partial charge in [0.05, 0.1) is 31.6 Å². The molecule has 6 rings (SSSR count). The topological polar surface area (TPSA) is 138 Å². The van der Waals surface area contributed by atoms with E-state index in [1.54, 1.807) is 40.1 Å². The molecule has 2 aliphatic rings. The average molecular weight is 661 g/mol. The van der Waals surface area contributed by atoms with Crippen LogP contribution in [0.15, 0.2) is 61.1 Å². The summed E-state index contributed by atoms with van der Waals surface area (Å²) in [6.07, 6.45) is 9.79. The number of nitrogens with zero attached hydrogens (tertiary/aromatic N) is 6.